The van der Waals surface area contributed by atoms with Crippen LogP contribution in [0.2, 0.25) is 0 Å². The number of aryl methyl sites for hydroxylation is 2. The van der Waals surface area contributed by atoms with Gasteiger partial charge in [-0.3, -0.25) is 14.5 Å². The summed E-state index contributed by atoms with van der Waals surface area (Å²) in [5.74, 6) is 0.669. The van der Waals surface area contributed by atoms with Crippen LogP contribution in [0.1, 0.15) is 46.2 Å². The van der Waals surface area contributed by atoms with E-state index in [9.17, 15) is 4.79 Å². The number of hydrogen-bond acceptors (Lipinski definition) is 4. The maximum atomic E-state index is 12.9. The molecule has 2 heterocycles. The van der Waals surface area contributed by atoms with Gasteiger partial charge in [0, 0.05) is 29.8 Å². The maximum absolute atomic E-state index is 12.9. The molecule has 0 spiro atoms. The number of nitrogens with zero attached hydrogens (tertiary/aromatic N) is 3. The third kappa shape index (κ3) is 2.81. The number of carbonyl (C=O) groups is 1. The summed E-state index contributed by atoms with van der Waals surface area (Å²) in [6.07, 6.45) is 4.86. The van der Waals surface area contributed by atoms with Crippen molar-refractivity contribution in [1.82, 2.24) is 20.1 Å². The molecule has 1 N–H and O–H groups in total. The summed E-state index contributed by atoms with van der Waals surface area (Å²) >= 11 is 0. The zero-order valence-electron chi connectivity index (χ0n) is 15.2. The molecule has 0 radical (unpaired) electrons. The topological polar surface area (TPSA) is 69.0 Å². The fourth-order valence-corrected chi connectivity index (χ4v) is 3.69. The van der Waals surface area contributed by atoms with Gasteiger partial charge in [-0.15, -0.1) is 0 Å². The lowest BCUT2D eigenvalue weighted by molar-refractivity contribution is 0.0932. The van der Waals surface area contributed by atoms with Crippen LogP contribution in [-0.4, -0.2) is 27.8 Å². The zero-order chi connectivity index (χ0) is 18.3. The van der Waals surface area contributed by atoms with Crippen molar-refractivity contribution >= 4 is 16.8 Å². The molecule has 6 heteroatoms. The first-order valence-corrected chi connectivity index (χ1v) is 8.84. The van der Waals surface area contributed by atoms with E-state index in [1.807, 2.05) is 49.1 Å². The molecule has 1 amide bonds. The molecule has 0 saturated heterocycles. The predicted molar refractivity (Wildman–Crippen MR) is 99.4 cm³/mol. The van der Waals surface area contributed by atoms with E-state index in [1.165, 1.54) is 5.69 Å². The molecular weight excluding hydrogens is 328 g/mol. The van der Waals surface area contributed by atoms with Crippen molar-refractivity contribution in [3.63, 3.8) is 0 Å². The number of benzene rings is 1. The highest BCUT2D eigenvalue weighted by Crippen LogP contribution is 2.30. The third-order valence-electron chi connectivity index (χ3n) is 5.14. The number of aromatic nitrogens is 3. The smallest absolute Gasteiger partial charge is 0.253 e. The highest BCUT2D eigenvalue weighted by atomic mass is 16.5. The van der Waals surface area contributed by atoms with Crippen molar-refractivity contribution in [2.75, 3.05) is 7.11 Å². The van der Waals surface area contributed by atoms with E-state index in [2.05, 4.69) is 15.4 Å². The molecule has 1 aromatic carbocycles. The molecule has 6 nitrogen and oxygen atoms in total. The van der Waals surface area contributed by atoms with E-state index in [4.69, 9.17) is 4.74 Å². The van der Waals surface area contributed by atoms with Crippen molar-refractivity contribution in [2.24, 2.45) is 7.05 Å². The van der Waals surface area contributed by atoms with Crippen LogP contribution in [0.25, 0.3) is 10.9 Å². The normalized spacial score (nSPS) is 16.3. The first-order valence-electron chi connectivity index (χ1n) is 8.84. The van der Waals surface area contributed by atoms with Gasteiger partial charge in [0.25, 0.3) is 5.91 Å². The van der Waals surface area contributed by atoms with E-state index in [-0.39, 0.29) is 11.9 Å². The van der Waals surface area contributed by atoms with E-state index in [0.29, 0.717) is 11.3 Å². The summed E-state index contributed by atoms with van der Waals surface area (Å²) in [5.41, 5.74) is 4.49. The second-order valence-electron chi connectivity index (χ2n) is 6.77. The molecule has 1 aliphatic carbocycles. The molecule has 0 unspecified atom stereocenters. The molecule has 26 heavy (non-hydrogen) atoms. The fraction of sp³-hybridized carbons (Fsp3) is 0.350. The quantitative estimate of drug-likeness (QED) is 0.788. The largest absolute Gasteiger partial charge is 0.497 e. The Bertz CT molecular complexity index is 993. The fourth-order valence-electron chi connectivity index (χ4n) is 3.69. The lowest BCUT2D eigenvalue weighted by Gasteiger charge is -2.24. The number of hydrogen-bond donors (Lipinski definition) is 1. The first kappa shape index (κ1) is 16.6. The summed E-state index contributed by atoms with van der Waals surface area (Å²) in [6.45, 7) is 1.87. The molecule has 134 valence electrons. The van der Waals surface area contributed by atoms with Crippen molar-refractivity contribution in [3.05, 3.63) is 53.0 Å². The highest BCUT2D eigenvalue weighted by molar-refractivity contribution is 5.99. The summed E-state index contributed by atoms with van der Waals surface area (Å²) in [7, 11) is 3.58. The highest BCUT2D eigenvalue weighted by Gasteiger charge is 2.25. The minimum absolute atomic E-state index is 0.00548. The number of carbonyl (C=O) groups excluding carboxylic acids is 1. The lowest BCUT2D eigenvalue weighted by Crippen LogP contribution is -2.31. The molecule has 4 rings (SSSR count). The van der Waals surface area contributed by atoms with Crippen molar-refractivity contribution in [3.8, 4) is 5.75 Å². The number of fused-ring (bicyclic) bond motifs is 2. The Hall–Kier alpha value is -2.89. The van der Waals surface area contributed by atoms with Gasteiger partial charge >= 0.3 is 0 Å². The summed E-state index contributed by atoms with van der Waals surface area (Å²) < 4.78 is 7.16. The SMILES string of the molecule is COc1ccc2cc(C(=O)N[C@@H]3CCCc4c3cnn4C)c(C)nc2c1. The lowest BCUT2D eigenvalue weighted by atomic mass is 9.92. The van der Waals surface area contributed by atoms with Gasteiger partial charge in [-0.25, -0.2) is 0 Å². The second-order valence-corrected chi connectivity index (χ2v) is 6.77. The molecule has 0 bridgehead atoms. The molecule has 3 aromatic rings. The second kappa shape index (κ2) is 6.44. The van der Waals surface area contributed by atoms with Crippen molar-refractivity contribution in [1.29, 1.82) is 0 Å². The van der Waals surface area contributed by atoms with Crippen LogP contribution in [0.4, 0.5) is 0 Å². The number of methoxy groups -OCH3 is 1. The van der Waals surface area contributed by atoms with Crippen LogP contribution in [0, 0.1) is 6.92 Å². The van der Waals surface area contributed by atoms with Crippen LogP contribution in [0.5, 0.6) is 5.75 Å². The maximum Gasteiger partial charge on any atom is 0.253 e. The number of nitrogens with one attached hydrogen (secondary N) is 1. The predicted octanol–water partition coefficient (Wildman–Crippen LogP) is 3.09. The van der Waals surface area contributed by atoms with Crippen LogP contribution < -0.4 is 10.1 Å². The molecule has 1 atom stereocenters. The van der Waals surface area contributed by atoms with Gasteiger partial charge in [0.2, 0.25) is 0 Å². The van der Waals surface area contributed by atoms with Gasteiger partial charge in [-0.2, -0.15) is 5.10 Å². The monoisotopic (exact) mass is 350 g/mol. The molecule has 0 aliphatic heterocycles. The van der Waals surface area contributed by atoms with Gasteiger partial charge in [0.15, 0.2) is 0 Å². The van der Waals surface area contributed by atoms with Crippen LogP contribution in [0.3, 0.4) is 0 Å². The average molecular weight is 350 g/mol. The zero-order valence-corrected chi connectivity index (χ0v) is 15.2. The molecule has 2 aromatic heterocycles. The Kier molecular flexibility index (Phi) is 4.11. The summed E-state index contributed by atoms with van der Waals surface area (Å²) in [6, 6.07) is 7.60. The van der Waals surface area contributed by atoms with Gasteiger partial charge in [0.05, 0.1) is 36.1 Å². The van der Waals surface area contributed by atoms with Gasteiger partial charge in [-0.1, -0.05) is 0 Å². The van der Waals surface area contributed by atoms with Crippen molar-refractivity contribution in [2.45, 2.75) is 32.2 Å². The Morgan fingerprint density at radius 3 is 3.00 bits per heavy atom. The van der Waals surface area contributed by atoms with Crippen molar-refractivity contribution < 1.29 is 9.53 Å². The summed E-state index contributed by atoms with van der Waals surface area (Å²) in [4.78, 5) is 17.5. The Morgan fingerprint density at radius 1 is 1.35 bits per heavy atom. The summed E-state index contributed by atoms with van der Waals surface area (Å²) in [5, 5.41) is 8.44. The van der Waals surface area contributed by atoms with Gasteiger partial charge in [0.1, 0.15) is 5.75 Å². The standard InChI is InChI=1S/C20H22N4O2/c1-12-15(9-13-7-8-14(26-3)10-18(13)22-12)20(25)23-17-5-4-6-19-16(17)11-21-24(19)2/h7-11,17H,4-6H2,1-3H3,(H,23,25)/t17-/m1/s1. The average Bonchev–Trinajstić information content (AvgIpc) is 3.02. The number of pyridine rings is 1. The molecule has 1 aliphatic rings. The Balaban J connectivity index is 1.63. The van der Waals surface area contributed by atoms with E-state index >= 15 is 0 Å². The Morgan fingerprint density at radius 2 is 2.19 bits per heavy atom. The minimum Gasteiger partial charge on any atom is -0.497 e. The van der Waals surface area contributed by atoms with Gasteiger partial charge in [-0.05, 0) is 44.4 Å². The van der Waals surface area contributed by atoms with Gasteiger partial charge < -0.3 is 10.1 Å². The molecular formula is C20H22N4O2. The van der Waals surface area contributed by atoms with Crippen LogP contribution in [0.15, 0.2) is 30.5 Å². The molecule has 0 saturated carbocycles. The third-order valence-corrected chi connectivity index (χ3v) is 5.14. The number of amides is 1. The Labute approximate surface area is 152 Å². The minimum atomic E-state index is -0.0885. The van der Waals surface area contributed by atoms with E-state index in [1.54, 1.807) is 7.11 Å². The number of rotatable bonds is 3. The van der Waals surface area contributed by atoms with Crippen LogP contribution >= 0.6 is 0 Å². The van der Waals surface area contributed by atoms with Crippen LogP contribution in [-0.2, 0) is 13.5 Å². The molecule has 0 fully saturated rings. The van der Waals surface area contributed by atoms with E-state index in [0.717, 1.165) is 41.5 Å². The van der Waals surface area contributed by atoms with E-state index < -0.39 is 0 Å². The first-order chi connectivity index (χ1) is 12.6. The number of ether oxygens (including phenoxy) is 1.